The number of nitrogens with one attached hydrogen (secondary N) is 2. The lowest BCUT2D eigenvalue weighted by Gasteiger charge is -2.19. The number of hydrogen-bond donors (Lipinski definition) is 2. The number of carbonyl (C=O) groups is 1. The maximum atomic E-state index is 12.7. The topological polar surface area (TPSA) is 76.1 Å². The van der Waals surface area contributed by atoms with Gasteiger partial charge in [-0.2, -0.15) is 0 Å². The summed E-state index contributed by atoms with van der Waals surface area (Å²) in [6.07, 6.45) is 0. The number of amides is 1. The Hall–Kier alpha value is -3.41. The molecule has 6 nitrogen and oxygen atoms in total. The molecular formula is C23H26N4O2. The molecule has 1 heterocycles. The molecule has 6 heteroatoms. The van der Waals surface area contributed by atoms with Crippen LogP contribution in [0.5, 0.6) is 5.75 Å². The van der Waals surface area contributed by atoms with Gasteiger partial charge in [0.15, 0.2) is 0 Å². The van der Waals surface area contributed by atoms with Gasteiger partial charge in [-0.25, -0.2) is 9.97 Å². The largest absolute Gasteiger partial charge is 0.497 e. The summed E-state index contributed by atoms with van der Waals surface area (Å²) in [4.78, 5) is 21.4. The first-order valence-electron chi connectivity index (χ1n) is 9.43. The number of aryl methyl sites for hydroxylation is 1. The van der Waals surface area contributed by atoms with E-state index < -0.39 is 0 Å². The molecule has 0 fully saturated rings. The Balaban J connectivity index is 1.75. The van der Waals surface area contributed by atoms with E-state index in [-0.39, 0.29) is 11.3 Å². The Morgan fingerprint density at radius 1 is 0.931 bits per heavy atom. The number of ether oxygens (including phenoxy) is 1. The number of nitrogens with zero attached hydrogens (tertiary/aromatic N) is 2. The molecule has 0 unspecified atom stereocenters. The fourth-order valence-electron chi connectivity index (χ4n) is 2.79. The molecule has 0 saturated heterocycles. The molecule has 0 atom stereocenters. The van der Waals surface area contributed by atoms with Crippen LogP contribution < -0.4 is 15.4 Å². The monoisotopic (exact) mass is 390 g/mol. The third-order valence-electron chi connectivity index (χ3n) is 4.44. The summed E-state index contributed by atoms with van der Waals surface area (Å²) in [6.45, 7) is 8.29. The lowest BCUT2D eigenvalue weighted by atomic mass is 9.87. The van der Waals surface area contributed by atoms with Crippen molar-refractivity contribution in [3.63, 3.8) is 0 Å². The molecule has 3 aromatic rings. The van der Waals surface area contributed by atoms with Crippen LogP contribution in [-0.4, -0.2) is 23.0 Å². The number of carbonyl (C=O) groups excluding carboxylic acids is 1. The molecule has 2 N–H and O–H groups in total. The smallest absolute Gasteiger partial charge is 0.274 e. The third kappa shape index (κ3) is 5.31. The zero-order valence-electron chi connectivity index (χ0n) is 17.4. The van der Waals surface area contributed by atoms with E-state index in [1.54, 1.807) is 13.2 Å². The predicted molar refractivity (Wildman–Crippen MR) is 116 cm³/mol. The number of rotatable bonds is 5. The third-order valence-corrected chi connectivity index (χ3v) is 4.44. The highest BCUT2D eigenvalue weighted by Gasteiger charge is 2.15. The lowest BCUT2D eigenvalue weighted by molar-refractivity contribution is 0.102. The summed E-state index contributed by atoms with van der Waals surface area (Å²) in [5.41, 5.74) is 3.80. The fraction of sp³-hybridized carbons (Fsp3) is 0.261. The fourth-order valence-corrected chi connectivity index (χ4v) is 2.79. The van der Waals surface area contributed by atoms with E-state index in [1.807, 2.05) is 55.5 Å². The highest BCUT2D eigenvalue weighted by atomic mass is 16.5. The van der Waals surface area contributed by atoms with Gasteiger partial charge in [0.25, 0.3) is 5.91 Å². The van der Waals surface area contributed by atoms with Crippen LogP contribution in [0.1, 0.15) is 42.5 Å². The van der Waals surface area contributed by atoms with Crippen molar-refractivity contribution in [2.75, 3.05) is 17.7 Å². The molecule has 150 valence electrons. The van der Waals surface area contributed by atoms with Gasteiger partial charge in [0.1, 0.15) is 11.4 Å². The molecule has 0 saturated carbocycles. The molecule has 1 aromatic heterocycles. The Bertz CT molecular complexity index is 991. The van der Waals surface area contributed by atoms with E-state index in [0.717, 1.165) is 17.1 Å². The second-order valence-electron chi connectivity index (χ2n) is 7.85. The van der Waals surface area contributed by atoms with Gasteiger partial charge in [-0.05, 0) is 60.4 Å². The van der Waals surface area contributed by atoms with Crippen molar-refractivity contribution in [1.29, 1.82) is 0 Å². The summed E-state index contributed by atoms with van der Waals surface area (Å²) >= 11 is 0. The van der Waals surface area contributed by atoms with Crippen LogP contribution in [0.15, 0.2) is 54.6 Å². The Labute approximate surface area is 171 Å². The minimum atomic E-state index is -0.281. The number of aromatic nitrogens is 2. The van der Waals surface area contributed by atoms with Crippen molar-refractivity contribution in [3.8, 4) is 5.75 Å². The van der Waals surface area contributed by atoms with Gasteiger partial charge >= 0.3 is 0 Å². The SMILES string of the molecule is COc1ccc(Nc2nc(C)cc(C(=O)Nc3ccc(C(C)(C)C)cc3)n2)cc1. The Morgan fingerprint density at radius 2 is 1.55 bits per heavy atom. The maximum absolute atomic E-state index is 12.7. The number of hydrogen-bond acceptors (Lipinski definition) is 5. The Morgan fingerprint density at radius 3 is 2.14 bits per heavy atom. The molecule has 0 aliphatic rings. The molecule has 1 amide bonds. The molecule has 3 rings (SSSR count). The average molecular weight is 390 g/mol. The average Bonchev–Trinajstić information content (AvgIpc) is 2.68. The van der Waals surface area contributed by atoms with Crippen LogP contribution in [-0.2, 0) is 5.41 Å². The second kappa shape index (κ2) is 8.31. The summed E-state index contributed by atoms with van der Waals surface area (Å²) in [6, 6.07) is 16.9. The van der Waals surface area contributed by atoms with E-state index in [2.05, 4.69) is 41.4 Å². The van der Waals surface area contributed by atoms with Crippen molar-refractivity contribution in [1.82, 2.24) is 9.97 Å². The minimum Gasteiger partial charge on any atom is -0.497 e. The van der Waals surface area contributed by atoms with E-state index in [9.17, 15) is 4.79 Å². The van der Waals surface area contributed by atoms with E-state index in [0.29, 0.717) is 17.3 Å². The molecule has 2 aromatic carbocycles. The highest BCUT2D eigenvalue weighted by molar-refractivity contribution is 6.03. The van der Waals surface area contributed by atoms with Gasteiger partial charge in [-0.1, -0.05) is 32.9 Å². The highest BCUT2D eigenvalue weighted by Crippen LogP contribution is 2.24. The molecular weight excluding hydrogens is 364 g/mol. The van der Waals surface area contributed by atoms with Crippen molar-refractivity contribution in [2.45, 2.75) is 33.1 Å². The number of anilines is 3. The standard InChI is InChI=1S/C23H26N4O2/c1-15-14-20(21(28)25-17-8-6-16(7-9-17)23(2,3)4)27-22(24-15)26-18-10-12-19(29-5)13-11-18/h6-14H,1-5H3,(H,25,28)(H,24,26,27). The van der Waals surface area contributed by atoms with Crippen LogP contribution in [0, 0.1) is 6.92 Å². The minimum absolute atomic E-state index is 0.0638. The van der Waals surface area contributed by atoms with Gasteiger partial charge in [-0.3, -0.25) is 4.79 Å². The predicted octanol–water partition coefficient (Wildman–Crippen LogP) is 5.09. The molecule has 0 bridgehead atoms. The summed E-state index contributed by atoms with van der Waals surface area (Å²) in [5.74, 6) is 0.846. The van der Waals surface area contributed by atoms with Crippen LogP contribution in [0.4, 0.5) is 17.3 Å². The molecule has 0 aliphatic heterocycles. The molecule has 0 radical (unpaired) electrons. The van der Waals surface area contributed by atoms with Crippen molar-refractivity contribution in [2.24, 2.45) is 0 Å². The summed E-state index contributed by atoms with van der Waals surface area (Å²) in [7, 11) is 1.62. The van der Waals surface area contributed by atoms with Crippen molar-refractivity contribution >= 4 is 23.2 Å². The lowest BCUT2D eigenvalue weighted by Crippen LogP contribution is -2.16. The molecule has 0 aliphatic carbocycles. The summed E-state index contributed by atoms with van der Waals surface area (Å²) in [5, 5.41) is 6.02. The van der Waals surface area contributed by atoms with E-state index >= 15 is 0 Å². The van der Waals surface area contributed by atoms with Crippen LogP contribution in [0.25, 0.3) is 0 Å². The molecule has 29 heavy (non-hydrogen) atoms. The van der Waals surface area contributed by atoms with Crippen LogP contribution in [0.3, 0.4) is 0 Å². The van der Waals surface area contributed by atoms with Crippen molar-refractivity contribution < 1.29 is 9.53 Å². The van der Waals surface area contributed by atoms with Gasteiger partial charge < -0.3 is 15.4 Å². The van der Waals surface area contributed by atoms with E-state index in [1.165, 1.54) is 5.56 Å². The van der Waals surface area contributed by atoms with Gasteiger partial charge in [0.2, 0.25) is 5.95 Å². The second-order valence-corrected chi connectivity index (χ2v) is 7.85. The van der Waals surface area contributed by atoms with Crippen LogP contribution in [0.2, 0.25) is 0 Å². The first-order chi connectivity index (χ1) is 13.7. The quantitative estimate of drug-likeness (QED) is 0.635. The van der Waals surface area contributed by atoms with Gasteiger partial charge in [0, 0.05) is 17.1 Å². The number of benzene rings is 2. The zero-order valence-corrected chi connectivity index (χ0v) is 17.4. The summed E-state index contributed by atoms with van der Waals surface area (Å²) < 4.78 is 5.16. The van der Waals surface area contributed by atoms with E-state index in [4.69, 9.17) is 4.74 Å². The van der Waals surface area contributed by atoms with Gasteiger partial charge in [-0.15, -0.1) is 0 Å². The normalized spacial score (nSPS) is 11.1. The van der Waals surface area contributed by atoms with Gasteiger partial charge in [0.05, 0.1) is 7.11 Å². The first kappa shape index (κ1) is 20.3. The Kier molecular flexibility index (Phi) is 5.82. The maximum Gasteiger partial charge on any atom is 0.274 e. The first-order valence-corrected chi connectivity index (χ1v) is 9.43. The van der Waals surface area contributed by atoms with Crippen molar-refractivity contribution in [3.05, 3.63) is 71.5 Å². The van der Waals surface area contributed by atoms with Crippen LogP contribution >= 0.6 is 0 Å². The molecule has 0 spiro atoms. The zero-order chi connectivity index (χ0) is 21.0. The number of methoxy groups -OCH3 is 1.